The Morgan fingerprint density at radius 1 is 1.71 bits per heavy atom. The summed E-state index contributed by atoms with van der Waals surface area (Å²) in [4.78, 5) is 7.94. The van der Waals surface area contributed by atoms with Crippen LogP contribution in [0.15, 0.2) is 6.20 Å². The number of nitrogens with one attached hydrogen (secondary N) is 1. The van der Waals surface area contributed by atoms with Gasteiger partial charge in [0.15, 0.2) is 5.13 Å². The van der Waals surface area contributed by atoms with Crippen molar-refractivity contribution in [2.24, 2.45) is 5.84 Å². The highest BCUT2D eigenvalue weighted by molar-refractivity contribution is 7.15. The maximum atomic E-state index is 5.28. The second-order valence-corrected chi connectivity index (χ2v) is 4.69. The molecule has 1 fully saturated rings. The van der Waals surface area contributed by atoms with E-state index in [1.807, 2.05) is 6.20 Å². The zero-order valence-electron chi connectivity index (χ0n) is 8.36. The first-order valence-corrected chi connectivity index (χ1v) is 5.80. The molecule has 0 unspecified atom stereocenters. The normalized spacial score (nSPS) is 16.2. The van der Waals surface area contributed by atoms with Crippen molar-refractivity contribution in [1.82, 2.24) is 9.88 Å². The van der Waals surface area contributed by atoms with Crippen LogP contribution in [0.25, 0.3) is 0 Å². The number of anilines is 1. The molecule has 1 aromatic heterocycles. The van der Waals surface area contributed by atoms with Crippen molar-refractivity contribution in [3.05, 3.63) is 11.1 Å². The van der Waals surface area contributed by atoms with Crippen LogP contribution >= 0.6 is 11.3 Å². The number of nitrogens with zero attached hydrogens (tertiary/aromatic N) is 2. The zero-order chi connectivity index (χ0) is 9.97. The third kappa shape index (κ3) is 2.23. The molecule has 0 bridgehead atoms. The van der Waals surface area contributed by atoms with Crippen molar-refractivity contribution < 1.29 is 0 Å². The Kier molecular flexibility index (Phi) is 3.00. The van der Waals surface area contributed by atoms with Gasteiger partial charge in [-0.3, -0.25) is 10.3 Å². The first-order valence-electron chi connectivity index (χ1n) is 4.99. The second kappa shape index (κ2) is 4.25. The number of hydrogen-bond acceptors (Lipinski definition) is 5. The maximum Gasteiger partial charge on any atom is 0.197 e. The van der Waals surface area contributed by atoms with E-state index in [0.717, 1.165) is 24.3 Å². The number of nitrogen functional groups attached to an aromatic ring is 1. The van der Waals surface area contributed by atoms with Crippen molar-refractivity contribution in [3.63, 3.8) is 0 Å². The number of hydrogen-bond donors (Lipinski definition) is 2. The highest BCUT2D eigenvalue weighted by atomic mass is 32.1. The average molecular weight is 212 g/mol. The van der Waals surface area contributed by atoms with Crippen LogP contribution in [-0.4, -0.2) is 22.5 Å². The molecule has 0 saturated heterocycles. The topological polar surface area (TPSA) is 54.2 Å². The van der Waals surface area contributed by atoms with Crippen LogP contribution in [-0.2, 0) is 6.54 Å². The third-order valence-electron chi connectivity index (χ3n) is 2.51. The smallest absolute Gasteiger partial charge is 0.197 e. The summed E-state index contributed by atoms with van der Waals surface area (Å²) < 4.78 is 0. The van der Waals surface area contributed by atoms with Crippen molar-refractivity contribution in [3.8, 4) is 0 Å². The summed E-state index contributed by atoms with van der Waals surface area (Å²) in [5.41, 5.74) is 2.57. The van der Waals surface area contributed by atoms with E-state index in [0.29, 0.717) is 0 Å². The fraction of sp³-hybridized carbons (Fsp3) is 0.667. The molecule has 1 aliphatic rings. The molecule has 1 aliphatic carbocycles. The zero-order valence-corrected chi connectivity index (χ0v) is 9.18. The van der Waals surface area contributed by atoms with Crippen molar-refractivity contribution in [2.45, 2.75) is 32.4 Å². The number of thiazole rings is 1. The highest BCUT2D eigenvalue weighted by Crippen LogP contribution is 2.29. The van der Waals surface area contributed by atoms with Crippen molar-refractivity contribution in [2.75, 3.05) is 12.0 Å². The summed E-state index contributed by atoms with van der Waals surface area (Å²) >= 11 is 1.63. The lowest BCUT2D eigenvalue weighted by Crippen LogP contribution is -2.24. The molecule has 1 aromatic rings. The first kappa shape index (κ1) is 9.89. The standard InChI is InChI=1S/C9H16N4S/c1-2-13(7-3-4-7)6-8-5-11-9(12-10)14-8/h5,7H,2-4,6,10H2,1H3,(H,11,12). The van der Waals surface area contributed by atoms with Gasteiger partial charge in [0.25, 0.3) is 0 Å². The molecular formula is C9H16N4S. The molecule has 14 heavy (non-hydrogen) atoms. The molecule has 0 radical (unpaired) electrons. The van der Waals surface area contributed by atoms with E-state index in [2.05, 4.69) is 22.2 Å². The maximum absolute atomic E-state index is 5.28. The lowest BCUT2D eigenvalue weighted by atomic mass is 10.4. The minimum Gasteiger partial charge on any atom is -0.300 e. The summed E-state index contributed by atoms with van der Waals surface area (Å²) in [6.07, 6.45) is 4.62. The monoisotopic (exact) mass is 212 g/mol. The molecule has 5 heteroatoms. The van der Waals surface area contributed by atoms with Gasteiger partial charge in [-0.15, -0.1) is 0 Å². The van der Waals surface area contributed by atoms with Gasteiger partial charge in [-0.25, -0.2) is 10.8 Å². The van der Waals surface area contributed by atoms with Crippen LogP contribution in [0.4, 0.5) is 5.13 Å². The van der Waals surface area contributed by atoms with E-state index in [9.17, 15) is 0 Å². The van der Waals surface area contributed by atoms with Gasteiger partial charge < -0.3 is 0 Å². The molecule has 1 heterocycles. The predicted molar refractivity (Wildman–Crippen MR) is 59.0 cm³/mol. The fourth-order valence-electron chi connectivity index (χ4n) is 1.59. The predicted octanol–water partition coefficient (Wildman–Crippen LogP) is 1.41. The van der Waals surface area contributed by atoms with E-state index in [1.54, 1.807) is 11.3 Å². The quantitative estimate of drug-likeness (QED) is 0.572. The number of nitrogens with two attached hydrogens (primary N) is 1. The van der Waals surface area contributed by atoms with Gasteiger partial charge >= 0.3 is 0 Å². The molecule has 0 aliphatic heterocycles. The average Bonchev–Trinajstić information content (AvgIpc) is 2.95. The third-order valence-corrected chi connectivity index (χ3v) is 3.42. The fourth-order valence-corrected chi connectivity index (χ4v) is 2.33. The minimum atomic E-state index is 0.798. The number of aromatic nitrogens is 1. The van der Waals surface area contributed by atoms with Gasteiger partial charge in [-0.1, -0.05) is 18.3 Å². The van der Waals surface area contributed by atoms with Crippen LogP contribution < -0.4 is 11.3 Å². The molecule has 3 N–H and O–H groups in total. The SMILES string of the molecule is CCN(Cc1cnc(NN)s1)C1CC1. The molecule has 0 atom stereocenters. The summed E-state index contributed by atoms with van der Waals surface area (Å²) in [7, 11) is 0. The molecule has 4 nitrogen and oxygen atoms in total. The number of hydrazine groups is 1. The van der Waals surface area contributed by atoms with Crippen LogP contribution in [0.5, 0.6) is 0 Å². The van der Waals surface area contributed by atoms with E-state index >= 15 is 0 Å². The van der Waals surface area contributed by atoms with Gasteiger partial charge in [0.05, 0.1) is 0 Å². The van der Waals surface area contributed by atoms with Gasteiger partial charge in [-0.05, 0) is 19.4 Å². The van der Waals surface area contributed by atoms with Gasteiger partial charge in [0.2, 0.25) is 0 Å². The molecule has 2 rings (SSSR count). The summed E-state index contributed by atoms with van der Waals surface area (Å²) in [6.45, 7) is 4.34. The Bertz CT molecular complexity index is 295. The Morgan fingerprint density at radius 3 is 3.00 bits per heavy atom. The molecule has 0 aromatic carbocycles. The lowest BCUT2D eigenvalue weighted by Gasteiger charge is -2.17. The molecule has 1 saturated carbocycles. The van der Waals surface area contributed by atoms with Gasteiger partial charge in [-0.2, -0.15) is 0 Å². The Hall–Kier alpha value is -0.650. The number of rotatable bonds is 5. The first-order chi connectivity index (χ1) is 6.83. The van der Waals surface area contributed by atoms with Crippen LogP contribution in [0.3, 0.4) is 0 Å². The molecular weight excluding hydrogens is 196 g/mol. The Balaban J connectivity index is 1.94. The van der Waals surface area contributed by atoms with E-state index in [4.69, 9.17) is 5.84 Å². The van der Waals surface area contributed by atoms with Gasteiger partial charge in [0, 0.05) is 23.7 Å². The van der Waals surface area contributed by atoms with Crippen molar-refractivity contribution >= 4 is 16.5 Å². The molecule has 0 amide bonds. The Morgan fingerprint density at radius 2 is 2.50 bits per heavy atom. The summed E-state index contributed by atoms with van der Waals surface area (Å²) in [5, 5.41) is 0.798. The minimum absolute atomic E-state index is 0.798. The molecule has 0 spiro atoms. The van der Waals surface area contributed by atoms with Crippen LogP contribution in [0.2, 0.25) is 0 Å². The summed E-state index contributed by atoms with van der Waals surface area (Å²) in [6, 6.07) is 0.816. The lowest BCUT2D eigenvalue weighted by molar-refractivity contribution is 0.271. The Labute approximate surface area is 88.1 Å². The van der Waals surface area contributed by atoms with E-state index < -0.39 is 0 Å². The van der Waals surface area contributed by atoms with Crippen LogP contribution in [0.1, 0.15) is 24.6 Å². The highest BCUT2D eigenvalue weighted by Gasteiger charge is 2.27. The van der Waals surface area contributed by atoms with Crippen LogP contribution in [0, 0.1) is 0 Å². The largest absolute Gasteiger partial charge is 0.300 e. The van der Waals surface area contributed by atoms with Crippen molar-refractivity contribution in [1.29, 1.82) is 0 Å². The second-order valence-electron chi connectivity index (χ2n) is 3.57. The summed E-state index contributed by atoms with van der Waals surface area (Å²) in [5.74, 6) is 5.28. The van der Waals surface area contributed by atoms with E-state index in [1.165, 1.54) is 17.7 Å². The molecule has 78 valence electrons. The van der Waals surface area contributed by atoms with Gasteiger partial charge in [0.1, 0.15) is 0 Å². The van der Waals surface area contributed by atoms with E-state index in [-0.39, 0.29) is 0 Å².